The molecule has 0 radical (unpaired) electrons. The molecule has 0 spiro atoms. The molecule has 0 aromatic rings. The second-order valence-electron chi connectivity index (χ2n) is 6.29. The number of carbonyl (C=O) groups is 4. The molecule has 14 heteroatoms. The van der Waals surface area contributed by atoms with E-state index < -0.39 is 36.0 Å². The normalized spacial score (nSPS) is 16.5. The first-order valence-corrected chi connectivity index (χ1v) is 9.11. The highest BCUT2D eigenvalue weighted by Gasteiger charge is 2.20. The van der Waals surface area contributed by atoms with Gasteiger partial charge in [-0.2, -0.15) is 0 Å². The minimum Gasteiger partial charge on any atom is -0.481 e. The van der Waals surface area contributed by atoms with E-state index in [0.29, 0.717) is 19.4 Å². The number of nitrogens with one attached hydrogen (secondary N) is 3. The summed E-state index contributed by atoms with van der Waals surface area (Å²) in [7, 11) is 0. The zero-order chi connectivity index (χ0) is 23.7. The molecule has 30 heavy (non-hydrogen) atoms. The van der Waals surface area contributed by atoms with Gasteiger partial charge in [0, 0.05) is 13.0 Å². The monoisotopic (exact) mass is 436 g/mol. The van der Waals surface area contributed by atoms with Gasteiger partial charge in [0.25, 0.3) is 0 Å². The Morgan fingerprint density at radius 3 is 1.90 bits per heavy atom. The predicted molar refractivity (Wildman–Crippen MR) is 106 cm³/mol. The highest BCUT2D eigenvalue weighted by molar-refractivity contribution is 5.75. The Morgan fingerprint density at radius 1 is 1.03 bits per heavy atom. The van der Waals surface area contributed by atoms with Crippen molar-refractivity contribution in [1.82, 2.24) is 10.6 Å². The molecule has 0 saturated carbocycles. The second-order valence-corrected chi connectivity index (χ2v) is 6.29. The summed E-state index contributed by atoms with van der Waals surface area (Å²) in [6.07, 6.45) is 2.53. The van der Waals surface area contributed by atoms with E-state index in [4.69, 9.17) is 43.0 Å². The number of nitrogens with two attached hydrogens (primary N) is 3. The van der Waals surface area contributed by atoms with Crippen LogP contribution in [0.2, 0.25) is 0 Å². The van der Waals surface area contributed by atoms with Gasteiger partial charge in [-0.3, -0.25) is 24.6 Å². The number of carboxylic acids is 4. The van der Waals surface area contributed by atoms with Crippen LogP contribution in [0.3, 0.4) is 0 Å². The molecule has 174 valence electrons. The summed E-state index contributed by atoms with van der Waals surface area (Å²) in [6.45, 7) is 1.34. The lowest BCUT2D eigenvalue weighted by Gasteiger charge is -2.06. The average Bonchev–Trinajstić information content (AvgIpc) is 3.18. The van der Waals surface area contributed by atoms with Gasteiger partial charge < -0.3 is 48.3 Å². The van der Waals surface area contributed by atoms with E-state index in [1.165, 1.54) is 0 Å². The van der Waals surface area contributed by atoms with Gasteiger partial charge in [-0.15, -0.1) is 0 Å². The molecule has 0 aliphatic carbocycles. The molecule has 14 nitrogen and oxygen atoms in total. The lowest BCUT2D eigenvalue weighted by Crippen LogP contribution is -2.34. The highest BCUT2D eigenvalue weighted by atomic mass is 16.4. The third kappa shape index (κ3) is 18.4. The number of aliphatic carboxylic acids is 4. The second kappa shape index (κ2) is 16.9. The largest absolute Gasteiger partial charge is 0.481 e. The molecule has 3 atom stereocenters. The van der Waals surface area contributed by atoms with Gasteiger partial charge in [-0.05, 0) is 38.6 Å². The summed E-state index contributed by atoms with van der Waals surface area (Å²) in [6, 6.07) is -2.15. The van der Waals surface area contributed by atoms with Crippen molar-refractivity contribution in [2.45, 2.75) is 56.7 Å². The van der Waals surface area contributed by atoms with Crippen LogP contribution in [0.1, 0.15) is 38.5 Å². The van der Waals surface area contributed by atoms with Crippen LogP contribution in [0.15, 0.2) is 0 Å². The first kappa shape index (κ1) is 29.2. The van der Waals surface area contributed by atoms with Crippen molar-refractivity contribution < 1.29 is 39.6 Å². The van der Waals surface area contributed by atoms with Crippen LogP contribution < -0.4 is 27.8 Å². The Kier molecular flexibility index (Phi) is 16.5. The molecule has 0 amide bonds. The number of hydrogen-bond donors (Lipinski definition) is 10. The maximum Gasteiger partial charge on any atom is 0.320 e. The van der Waals surface area contributed by atoms with Gasteiger partial charge in [0.15, 0.2) is 5.96 Å². The molecule has 1 aliphatic heterocycles. The summed E-state index contributed by atoms with van der Waals surface area (Å²) in [5, 5.41) is 45.2. The molecule has 1 aliphatic rings. The van der Waals surface area contributed by atoms with Gasteiger partial charge in [0.05, 0.1) is 0 Å². The van der Waals surface area contributed by atoms with Crippen LogP contribution in [0.25, 0.3) is 0 Å². The van der Waals surface area contributed by atoms with E-state index in [0.717, 1.165) is 19.4 Å². The van der Waals surface area contributed by atoms with Gasteiger partial charge in [0.2, 0.25) is 0 Å². The molecular formula is C16H32N6O8. The number of carboxylic acid groups (broad SMARTS) is 4. The van der Waals surface area contributed by atoms with Gasteiger partial charge in [-0.1, -0.05) is 0 Å². The molecule has 0 aromatic carbocycles. The summed E-state index contributed by atoms with van der Waals surface area (Å²) in [4.78, 5) is 40.2. The Labute approximate surface area is 173 Å². The topological polar surface area (TPSA) is 275 Å². The quantitative estimate of drug-likeness (QED) is 0.0984. The highest BCUT2D eigenvalue weighted by Crippen LogP contribution is 2.03. The van der Waals surface area contributed by atoms with Crippen molar-refractivity contribution in [3.63, 3.8) is 0 Å². The molecule has 0 bridgehead atoms. The number of guanidine groups is 1. The van der Waals surface area contributed by atoms with Gasteiger partial charge >= 0.3 is 23.9 Å². The minimum absolute atomic E-state index is 0.0231. The maximum atomic E-state index is 10.2. The summed E-state index contributed by atoms with van der Waals surface area (Å²) >= 11 is 0. The fourth-order valence-electron chi connectivity index (χ4n) is 1.97. The van der Waals surface area contributed by atoms with E-state index in [1.807, 2.05) is 0 Å². The van der Waals surface area contributed by atoms with Gasteiger partial charge in [-0.25, -0.2) is 0 Å². The Bertz CT molecular complexity index is 568. The van der Waals surface area contributed by atoms with Crippen molar-refractivity contribution in [3.05, 3.63) is 0 Å². The standard InChI is InChI=1S/C6H14N4O2.C5H9NO4.C5H9NO2/c7-4(5(11)12)2-1-3-10-6(8)9;6-3(5(9)10)1-2-4(7)8;7-5(8)4-2-1-3-6-4/h4H,1-3,7H2,(H,11,12)(H4,8,9,10);3H,1-2,6H2,(H,7,8)(H,9,10);4,6H,1-3H2,(H,7,8). The molecule has 3 unspecified atom stereocenters. The summed E-state index contributed by atoms with van der Waals surface area (Å²) in [5.41, 5.74) is 15.2. The van der Waals surface area contributed by atoms with Crippen molar-refractivity contribution in [3.8, 4) is 0 Å². The molecular weight excluding hydrogens is 404 g/mol. The predicted octanol–water partition coefficient (Wildman–Crippen LogP) is -2.25. The van der Waals surface area contributed by atoms with Crippen LogP contribution in [0.4, 0.5) is 0 Å². The minimum atomic E-state index is -1.17. The molecule has 1 heterocycles. The lowest BCUT2D eigenvalue weighted by atomic mass is 10.2. The van der Waals surface area contributed by atoms with Crippen LogP contribution in [0.5, 0.6) is 0 Å². The Balaban J connectivity index is 0. The van der Waals surface area contributed by atoms with Crippen LogP contribution >= 0.6 is 0 Å². The summed E-state index contributed by atoms with van der Waals surface area (Å²) < 4.78 is 0. The van der Waals surface area contributed by atoms with Crippen LogP contribution in [-0.2, 0) is 19.2 Å². The molecule has 0 aromatic heterocycles. The first-order chi connectivity index (χ1) is 13.9. The number of rotatable bonds is 10. The van der Waals surface area contributed by atoms with Crippen molar-refractivity contribution in [2.75, 3.05) is 13.1 Å². The van der Waals surface area contributed by atoms with E-state index in [2.05, 4.69) is 10.6 Å². The maximum absolute atomic E-state index is 10.2. The van der Waals surface area contributed by atoms with E-state index in [-0.39, 0.29) is 24.8 Å². The van der Waals surface area contributed by atoms with Crippen LogP contribution in [0, 0.1) is 5.41 Å². The molecule has 1 fully saturated rings. The fourth-order valence-corrected chi connectivity index (χ4v) is 1.97. The average molecular weight is 436 g/mol. The lowest BCUT2D eigenvalue weighted by molar-refractivity contribution is -0.141. The van der Waals surface area contributed by atoms with E-state index in [1.54, 1.807) is 0 Å². The number of hydrogen-bond acceptors (Lipinski definition) is 8. The third-order valence-corrected chi connectivity index (χ3v) is 3.67. The first-order valence-electron chi connectivity index (χ1n) is 9.11. The zero-order valence-electron chi connectivity index (χ0n) is 16.5. The van der Waals surface area contributed by atoms with E-state index in [9.17, 15) is 19.2 Å². The Hall–Kier alpha value is -2.97. The zero-order valence-corrected chi connectivity index (χ0v) is 16.5. The van der Waals surface area contributed by atoms with Crippen molar-refractivity contribution in [1.29, 1.82) is 5.41 Å². The molecule has 1 rings (SSSR count). The molecule has 13 N–H and O–H groups in total. The van der Waals surface area contributed by atoms with Crippen molar-refractivity contribution >= 4 is 29.8 Å². The summed E-state index contributed by atoms with van der Waals surface area (Å²) in [5.74, 6) is -4.03. The Morgan fingerprint density at radius 2 is 1.57 bits per heavy atom. The smallest absolute Gasteiger partial charge is 0.320 e. The SMILES string of the molecule is N=C(N)NCCCC(N)C(=O)O.NC(CCC(=O)O)C(=O)O.O=C(O)C1CCCN1. The molecule has 1 saturated heterocycles. The third-order valence-electron chi connectivity index (χ3n) is 3.67. The van der Waals surface area contributed by atoms with Crippen molar-refractivity contribution in [2.24, 2.45) is 17.2 Å². The van der Waals surface area contributed by atoms with Gasteiger partial charge in [0.1, 0.15) is 18.1 Å². The van der Waals surface area contributed by atoms with E-state index >= 15 is 0 Å². The fraction of sp³-hybridized carbons (Fsp3) is 0.688. The van der Waals surface area contributed by atoms with Crippen LogP contribution in [-0.4, -0.2) is 81.5 Å².